The Kier molecular flexibility index (Phi) is 6.75. The van der Waals surface area contributed by atoms with Crippen LogP contribution in [0.1, 0.15) is 21.8 Å². The number of amides is 2. The van der Waals surface area contributed by atoms with Crippen LogP contribution < -0.4 is 15.6 Å². The SMILES string of the molecule is Cc1oc(-c2ccccc2)nc1CC(=O)NNC(=O)c1ccccc1NS(=O)(=O)c1cccs1. The Morgan fingerprint density at radius 2 is 1.71 bits per heavy atom. The summed E-state index contributed by atoms with van der Waals surface area (Å²) in [5.41, 5.74) is 5.99. The van der Waals surface area contributed by atoms with E-state index in [-0.39, 0.29) is 21.9 Å². The molecular weight excluding hydrogens is 476 g/mol. The van der Waals surface area contributed by atoms with Crippen molar-refractivity contribution in [1.82, 2.24) is 15.8 Å². The molecule has 2 aromatic carbocycles. The maximum Gasteiger partial charge on any atom is 0.271 e. The minimum Gasteiger partial charge on any atom is -0.441 e. The Labute approximate surface area is 199 Å². The summed E-state index contributed by atoms with van der Waals surface area (Å²) in [6.45, 7) is 1.70. The van der Waals surface area contributed by atoms with Crippen molar-refractivity contribution in [2.24, 2.45) is 0 Å². The van der Waals surface area contributed by atoms with Gasteiger partial charge in [-0.05, 0) is 42.6 Å². The van der Waals surface area contributed by atoms with Crippen molar-refractivity contribution < 1.29 is 22.4 Å². The number of hydrogen-bond acceptors (Lipinski definition) is 7. The molecule has 174 valence electrons. The highest BCUT2D eigenvalue weighted by Crippen LogP contribution is 2.23. The van der Waals surface area contributed by atoms with Gasteiger partial charge in [0.1, 0.15) is 9.97 Å². The summed E-state index contributed by atoms with van der Waals surface area (Å²) in [7, 11) is -3.84. The number of carbonyl (C=O) groups is 2. The summed E-state index contributed by atoms with van der Waals surface area (Å²) in [5.74, 6) is -0.300. The largest absolute Gasteiger partial charge is 0.441 e. The van der Waals surface area contributed by atoms with Crippen LogP contribution in [-0.4, -0.2) is 25.2 Å². The third-order valence-electron chi connectivity index (χ3n) is 4.73. The van der Waals surface area contributed by atoms with Gasteiger partial charge in [-0.2, -0.15) is 0 Å². The van der Waals surface area contributed by atoms with E-state index in [2.05, 4.69) is 20.6 Å². The Morgan fingerprint density at radius 1 is 0.971 bits per heavy atom. The second-order valence-electron chi connectivity index (χ2n) is 7.15. The first-order chi connectivity index (χ1) is 16.3. The first-order valence-corrected chi connectivity index (χ1v) is 12.5. The second kappa shape index (κ2) is 9.89. The van der Waals surface area contributed by atoms with Gasteiger partial charge in [-0.25, -0.2) is 13.4 Å². The molecule has 11 heteroatoms. The van der Waals surface area contributed by atoms with Gasteiger partial charge in [0.2, 0.25) is 11.8 Å². The Balaban J connectivity index is 1.40. The van der Waals surface area contributed by atoms with E-state index in [9.17, 15) is 18.0 Å². The lowest BCUT2D eigenvalue weighted by atomic mass is 10.2. The van der Waals surface area contributed by atoms with E-state index >= 15 is 0 Å². The fourth-order valence-corrected chi connectivity index (χ4v) is 5.14. The quantitative estimate of drug-likeness (QED) is 0.336. The van der Waals surface area contributed by atoms with Crippen LogP contribution in [0, 0.1) is 6.92 Å². The molecule has 0 atom stereocenters. The molecule has 0 spiro atoms. The average molecular weight is 497 g/mol. The second-order valence-corrected chi connectivity index (χ2v) is 10.0. The minimum absolute atomic E-state index is 0.0481. The van der Waals surface area contributed by atoms with Gasteiger partial charge >= 0.3 is 0 Å². The number of oxazole rings is 1. The van der Waals surface area contributed by atoms with E-state index in [0.717, 1.165) is 16.9 Å². The van der Waals surface area contributed by atoms with Crippen molar-refractivity contribution in [2.45, 2.75) is 17.6 Å². The lowest BCUT2D eigenvalue weighted by Crippen LogP contribution is -2.42. The number of aromatic nitrogens is 1. The van der Waals surface area contributed by atoms with E-state index < -0.39 is 21.8 Å². The van der Waals surface area contributed by atoms with Crippen LogP contribution in [0.3, 0.4) is 0 Å². The molecular formula is C23H20N4O5S2. The molecule has 0 aliphatic carbocycles. The highest BCUT2D eigenvalue weighted by Gasteiger charge is 2.20. The van der Waals surface area contributed by atoms with Gasteiger partial charge in [0, 0.05) is 5.56 Å². The monoisotopic (exact) mass is 496 g/mol. The van der Waals surface area contributed by atoms with E-state index in [1.165, 1.54) is 18.2 Å². The third kappa shape index (κ3) is 5.33. The van der Waals surface area contributed by atoms with Gasteiger partial charge in [-0.3, -0.25) is 25.2 Å². The normalized spacial score (nSPS) is 11.1. The van der Waals surface area contributed by atoms with Crippen LogP contribution in [0.2, 0.25) is 0 Å². The number of aryl methyl sites for hydroxylation is 1. The van der Waals surface area contributed by atoms with Gasteiger partial charge in [-0.15, -0.1) is 11.3 Å². The summed E-state index contributed by atoms with van der Waals surface area (Å²) in [5, 5.41) is 1.64. The fraction of sp³-hybridized carbons (Fsp3) is 0.0870. The number of nitrogens with one attached hydrogen (secondary N) is 3. The zero-order valence-electron chi connectivity index (χ0n) is 17.9. The molecule has 0 bridgehead atoms. The first-order valence-electron chi connectivity index (χ1n) is 10.1. The molecule has 0 saturated heterocycles. The number of rotatable bonds is 7. The van der Waals surface area contributed by atoms with Gasteiger partial charge in [0.25, 0.3) is 15.9 Å². The van der Waals surface area contributed by atoms with E-state index in [1.807, 2.05) is 30.3 Å². The summed E-state index contributed by atoms with van der Waals surface area (Å²) in [6.07, 6.45) is -0.116. The van der Waals surface area contributed by atoms with Crippen LogP contribution in [0.15, 0.2) is 80.7 Å². The zero-order chi connectivity index (χ0) is 24.1. The van der Waals surface area contributed by atoms with Crippen molar-refractivity contribution in [1.29, 1.82) is 0 Å². The molecule has 0 saturated carbocycles. The van der Waals surface area contributed by atoms with Crippen molar-refractivity contribution in [2.75, 3.05) is 4.72 Å². The molecule has 2 aromatic heterocycles. The number of thiophene rings is 1. The fourth-order valence-electron chi connectivity index (χ4n) is 3.07. The molecule has 0 fully saturated rings. The molecule has 0 aliphatic rings. The molecule has 9 nitrogen and oxygen atoms in total. The van der Waals surface area contributed by atoms with Crippen molar-refractivity contribution in [3.8, 4) is 11.5 Å². The standard InChI is InChI=1S/C23H20N4O5S2/c1-15-19(24-23(32-15)16-8-3-2-4-9-16)14-20(28)25-26-22(29)17-10-5-6-11-18(17)27-34(30,31)21-12-7-13-33-21/h2-13,27H,14H2,1H3,(H,25,28)(H,26,29). The highest BCUT2D eigenvalue weighted by atomic mass is 32.2. The molecule has 3 N–H and O–H groups in total. The lowest BCUT2D eigenvalue weighted by molar-refractivity contribution is -0.121. The maximum atomic E-state index is 12.7. The molecule has 0 unspecified atom stereocenters. The zero-order valence-corrected chi connectivity index (χ0v) is 19.6. The molecule has 4 rings (SSSR count). The number of hydrogen-bond donors (Lipinski definition) is 3. The highest BCUT2D eigenvalue weighted by molar-refractivity contribution is 7.94. The number of carbonyl (C=O) groups excluding carboxylic acids is 2. The molecule has 2 heterocycles. The Morgan fingerprint density at radius 3 is 2.44 bits per heavy atom. The third-order valence-corrected chi connectivity index (χ3v) is 7.50. The van der Waals surface area contributed by atoms with Crippen LogP contribution in [0.5, 0.6) is 0 Å². The Bertz CT molecular complexity index is 1410. The predicted molar refractivity (Wildman–Crippen MR) is 128 cm³/mol. The summed E-state index contributed by atoms with van der Waals surface area (Å²) in [4.78, 5) is 29.4. The summed E-state index contributed by atoms with van der Waals surface area (Å²) in [6, 6.07) is 18.5. The number of benzene rings is 2. The van der Waals surface area contributed by atoms with Crippen molar-refractivity contribution in [3.05, 3.63) is 89.1 Å². The number of para-hydroxylation sites is 1. The number of hydrazine groups is 1. The lowest BCUT2D eigenvalue weighted by Gasteiger charge is -2.12. The van der Waals surface area contributed by atoms with Crippen molar-refractivity contribution in [3.63, 3.8) is 0 Å². The molecule has 2 amide bonds. The molecule has 0 radical (unpaired) electrons. The van der Waals surface area contributed by atoms with Gasteiger partial charge in [0.05, 0.1) is 23.4 Å². The van der Waals surface area contributed by atoms with E-state index in [1.54, 1.807) is 30.5 Å². The van der Waals surface area contributed by atoms with Crippen LogP contribution in [0.4, 0.5) is 5.69 Å². The van der Waals surface area contributed by atoms with E-state index in [4.69, 9.17) is 4.42 Å². The topological polar surface area (TPSA) is 130 Å². The van der Waals surface area contributed by atoms with Gasteiger partial charge in [0.15, 0.2) is 0 Å². The van der Waals surface area contributed by atoms with Crippen molar-refractivity contribution >= 4 is 38.9 Å². The Hall–Kier alpha value is -3.96. The molecule has 4 aromatic rings. The van der Waals surface area contributed by atoms with Crippen LogP contribution >= 0.6 is 11.3 Å². The van der Waals surface area contributed by atoms with Crippen LogP contribution in [-0.2, 0) is 21.2 Å². The molecule has 0 aliphatic heterocycles. The summed E-state index contributed by atoms with van der Waals surface area (Å²) < 4.78 is 33.2. The molecule has 34 heavy (non-hydrogen) atoms. The maximum absolute atomic E-state index is 12.7. The van der Waals surface area contributed by atoms with Crippen LogP contribution in [0.25, 0.3) is 11.5 Å². The minimum atomic E-state index is -3.84. The van der Waals surface area contributed by atoms with Gasteiger partial charge < -0.3 is 4.42 Å². The van der Waals surface area contributed by atoms with E-state index in [0.29, 0.717) is 17.3 Å². The predicted octanol–water partition coefficient (Wildman–Crippen LogP) is 3.52. The van der Waals surface area contributed by atoms with Gasteiger partial charge in [-0.1, -0.05) is 36.4 Å². The summed E-state index contributed by atoms with van der Waals surface area (Å²) >= 11 is 1.06. The number of anilines is 1. The smallest absolute Gasteiger partial charge is 0.271 e. The average Bonchev–Trinajstić information content (AvgIpc) is 3.49. The first kappa shape index (κ1) is 23.2. The number of sulfonamides is 1. The number of nitrogens with zero attached hydrogens (tertiary/aromatic N) is 1.